The number of carbonyl (C=O) groups is 1. The average Bonchev–Trinajstić information content (AvgIpc) is 2.36. The molecule has 0 saturated carbocycles. The molecule has 5 nitrogen and oxygen atoms in total. The van der Waals surface area contributed by atoms with Crippen LogP contribution in [0.3, 0.4) is 0 Å². The lowest BCUT2D eigenvalue weighted by Crippen LogP contribution is -2.29. The number of hydrogen-bond donors (Lipinski definition) is 2. The SMILES string of the molecule is Cc1c(C#CCN)cccc1C(=O)NCCS(C)(=O)=O. The fourth-order valence-electron chi connectivity index (χ4n) is 1.61. The number of rotatable bonds is 4. The summed E-state index contributed by atoms with van der Waals surface area (Å²) in [4.78, 5) is 12.0. The first-order valence-electron chi connectivity index (χ1n) is 6.09. The minimum atomic E-state index is -3.08. The molecule has 0 aliphatic rings. The fourth-order valence-corrected chi connectivity index (χ4v) is 2.08. The Kier molecular flexibility index (Phi) is 5.74. The summed E-state index contributed by atoms with van der Waals surface area (Å²) in [6.45, 7) is 2.14. The van der Waals surface area contributed by atoms with Gasteiger partial charge in [-0.05, 0) is 24.6 Å². The van der Waals surface area contributed by atoms with Crippen molar-refractivity contribution in [2.45, 2.75) is 6.92 Å². The van der Waals surface area contributed by atoms with Crippen molar-refractivity contribution in [3.05, 3.63) is 34.9 Å². The van der Waals surface area contributed by atoms with Gasteiger partial charge >= 0.3 is 0 Å². The number of carbonyl (C=O) groups excluding carboxylic acids is 1. The maximum Gasteiger partial charge on any atom is 0.251 e. The Balaban J connectivity index is 2.83. The Morgan fingerprint density at radius 3 is 2.70 bits per heavy atom. The third kappa shape index (κ3) is 5.03. The molecule has 0 radical (unpaired) electrons. The van der Waals surface area contributed by atoms with E-state index in [-0.39, 0.29) is 24.7 Å². The molecule has 0 fully saturated rings. The van der Waals surface area contributed by atoms with Gasteiger partial charge in [0.2, 0.25) is 0 Å². The van der Waals surface area contributed by atoms with Crippen LogP contribution in [0.15, 0.2) is 18.2 Å². The molecule has 0 heterocycles. The van der Waals surface area contributed by atoms with E-state index in [4.69, 9.17) is 5.73 Å². The van der Waals surface area contributed by atoms with E-state index in [2.05, 4.69) is 17.2 Å². The summed E-state index contributed by atoms with van der Waals surface area (Å²) in [7, 11) is -3.08. The highest BCUT2D eigenvalue weighted by Gasteiger charge is 2.11. The molecule has 0 spiro atoms. The van der Waals surface area contributed by atoms with Crippen molar-refractivity contribution in [2.75, 3.05) is 25.1 Å². The highest BCUT2D eigenvalue weighted by atomic mass is 32.2. The summed E-state index contributed by atoms with van der Waals surface area (Å²) in [5, 5.41) is 2.59. The maximum absolute atomic E-state index is 12.0. The zero-order valence-electron chi connectivity index (χ0n) is 11.6. The third-order valence-electron chi connectivity index (χ3n) is 2.66. The first-order chi connectivity index (χ1) is 9.35. The molecule has 0 atom stereocenters. The molecule has 1 aromatic carbocycles. The van der Waals surface area contributed by atoms with Crippen LogP contribution in [-0.2, 0) is 9.84 Å². The van der Waals surface area contributed by atoms with Gasteiger partial charge < -0.3 is 11.1 Å². The smallest absolute Gasteiger partial charge is 0.251 e. The van der Waals surface area contributed by atoms with Crippen LogP contribution in [0.2, 0.25) is 0 Å². The van der Waals surface area contributed by atoms with Crippen LogP contribution < -0.4 is 11.1 Å². The van der Waals surface area contributed by atoms with Crippen molar-refractivity contribution < 1.29 is 13.2 Å². The van der Waals surface area contributed by atoms with Gasteiger partial charge in [0.05, 0.1) is 12.3 Å². The van der Waals surface area contributed by atoms with Gasteiger partial charge in [0.15, 0.2) is 0 Å². The van der Waals surface area contributed by atoms with Crippen molar-refractivity contribution >= 4 is 15.7 Å². The standard InChI is InChI=1S/C14H18N2O3S/c1-11-12(6-4-8-15)5-3-7-13(11)14(17)16-9-10-20(2,18)19/h3,5,7H,8-10,15H2,1-2H3,(H,16,17). The van der Waals surface area contributed by atoms with Crippen molar-refractivity contribution in [3.8, 4) is 11.8 Å². The predicted octanol–water partition coefficient (Wildman–Crippen LogP) is 0.0796. The summed E-state index contributed by atoms with van der Waals surface area (Å²) >= 11 is 0. The molecular weight excluding hydrogens is 276 g/mol. The topological polar surface area (TPSA) is 89.3 Å². The van der Waals surface area contributed by atoms with Gasteiger partial charge in [-0.25, -0.2) is 8.42 Å². The molecule has 0 unspecified atom stereocenters. The molecule has 3 N–H and O–H groups in total. The number of amides is 1. The van der Waals surface area contributed by atoms with E-state index in [0.717, 1.165) is 17.4 Å². The molecule has 0 aliphatic heterocycles. The second-order valence-electron chi connectivity index (χ2n) is 4.37. The second-order valence-corrected chi connectivity index (χ2v) is 6.63. The van der Waals surface area contributed by atoms with E-state index in [1.54, 1.807) is 19.1 Å². The lowest BCUT2D eigenvalue weighted by Gasteiger charge is -2.08. The second kappa shape index (κ2) is 7.08. The Labute approximate surface area is 119 Å². The average molecular weight is 294 g/mol. The Bertz CT molecular complexity index is 655. The molecule has 1 amide bonds. The highest BCUT2D eigenvalue weighted by Crippen LogP contribution is 2.12. The first-order valence-corrected chi connectivity index (χ1v) is 8.15. The van der Waals surface area contributed by atoms with Gasteiger partial charge in [0.1, 0.15) is 9.84 Å². The molecule has 108 valence electrons. The number of nitrogens with two attached hydrogens (primary N) is 1. The molecule has 1 aromatic rings. The van der Waals surface area contributed by atoms with E-state index in [1.165, 1.54) is 0 Å². The molecule has 0 saturated heterocycles. The molecule has 0 aliphatic carbocycles. The van der Waals surface area contributed by atoms with Crippen molar-refractivity contribution in [3.63, 3.8) is 0 Å². The lowest BCUT2D eigenvalue weighted by atomic mass is 10.0. The zero-order valence-corrected chi connectivity index (χ0v) is 12.4. The number of sulfone groups is 1. The molecule has 6 heteroatoms. The molecular formula is C14H18N2O3S. The van der Waals surface area contributed by atoms with Crippen LogP contribution in [0, 0.1) is 18.8 Å². The van der Waals surface area contributed by atoms with Gasteiger partial charge in [-0.2, -0.15) is 0 Å². The molecule has 0 aromatic heterocycles. The van der Waals surface area contributed by atoms with Crippen LogP contribution in [-0.4, -0.2) is 39.4 Å². The van der Waals surface area contributed by atoms with Crippen LogP contribution in [0.5, 0.6) is 0 Å². The molecule has 0 bridgehead atoms. The minimum Gasteiger partial charge on any atom is -0.351 e. The Morgan fingerprint density at radius 1 is 1.40 bits per heavy atom. The van der Waals surface area contributed by atoms with Crippen LogP contribution in [0.1, 0.15) is 21.5 Å². The van der Waals surface area contributed by atoms with Crippen LogP contribution in [0.25, 0.3) is 0 Å². The lowest BCUT2D eigenvalue weighted by molar-refractivity contribution is 0.0955. The van der Waals surface area contributed by atoms with E-state index in [0.29, 0.717) is 5.56 Å². The quantitative estimate of drug-likeness (QED) is 0.770. The van der Waals surface area contributed by atoms with Gasteiger partial charge in [0, 0.05) is 23.9 Å². The number of hydrogen-bond acceptors (Lipinski definition) is 4. The van der Waals surface area contributed by atoms with E-state index in [1.807, 2.05) is 6.07 Å². The van der Waals surface area contributed by atoms with Gasteiger partial charge in [-0.1, -0.05) is 17.9 Å². The molecule has 1 rings (SSSR count). The predicted molar refractivity (Wildman–Crippen MR) is 79.2 cm³/mol. The van der Waals surface area contributed by atoms with Crippen LogP contribution >= 0.6 is 0 Å². The monoisotopic (exact) mass is 294 g/mol. The number of nitrogens with one attached hydrogen (secondary N) is 1. The van der Waals surface area contributed by atoms with Gasteiger partial charge in [-0.15, -0.1) is 0 Å². The van der Waals surface area contributed by atoms with Gasteiger partial charge in [0.25, 0.3) is 5.91 Å². The number of benzene rings is 1. The maximum atomic E-state index is 12.0. The van der Waals surface area contributed by atoms with E-state index < -0.39 is 9.84 Å². The van der Waals surface area contributed by atoms with Crippen molar-refractivity contribution in [2.24, 2.45) is 5.73 Å². The summed E-state index contributed by atoms with van der Waals surface area (Å²) in [6, 6.07) is 5.23. The van der Waals surface area contributed by atoms with Crippen LogP contribution in [0.4, 0.5) is 0 Å². The zero-order chi connectivity index (χ0) is 15.2. The van der Waals surface area contributed by atoms with Crippen molar-refractivity contribution in [1.29, 1.82) is 0 Å². The highest BCUT2D eigenvalue weighted by molar-refractivity contribution is 7.90. The largest absolute Gasteiger partial charge is 0.351 e. The summed E-state index contributed by atoms with van der Waals surface area (Å²) in [5.41, 5.74) is 7.31. The Morgan fingerprint density at radius 2 is 2.10 bits per heavy atom. The first kappa shape index (κ1) is 16.2. The van der Waals surface area contributed by atoms with Gasteiger partial charge in [-0.3, -0.25) is 4.79 Å². The summed E-state index contributed by atoms with van der Waals surface area (Å²) < 4.78 is 22.0. The Hall–Kier alpha value is -1.84. The summed E-state index contributed by atoms with van der Waals surface area (Å²) in [6.07, 6.45) is 1.13. The third-order valence-corrected chi connectivity index (χ3v) is 3.61. The fraction of sp³-hybridized carbons (Fsp3) is 0.357. The molecule has 20 heavy (non-hydrogen) atoms. The van der Waals surface area contributed by atoms with E-state index >= 15 is 0 Å². The minimum absolute atomic E-state index is 0.0789. The van der Waals surface area contributed by atoms with Crippen molar-refractivity contribution in [1.82, 2.24) is 5.32 Å². The normalized spacial score (nSPS) is 10.6. The van der Waals surface area contributed by atoms with E-state index in [9.17, 15) is 13.2 Å². The summed E-state index contributed by atoms with van der Waals surface area (Å²) in [5.74, 6) is 5.26.